The summed E-state index contributed by atoms with van der Waals surface area (Å²) in [5.41, 5.74) is 2.56. The molecule has 0 aliphatic carbocycles. The highest BCUT2D eigenvalue weighted by Crippen LogP contribution is 2.34. The third-order valence-electron chi connectivity index (χ3n) is 4.05. The van der Waals surface area contributed by atoms with Gasteiger partial charge < -0.3 is 14.7 Å². The van der Waals surface area contributed by atoms with Crippen LogP contribution in [0.4, 0.5) is 0 Å². The van der Waals surface area contributed by atoms with Gasteiger partial charge in [-0.05, 0) is 50.4 Å². The first-order chi connectivity index (χ1) is 9.60. The number of nitrogens with zero attached hydrogens (tertiary/aromatic N) is 1. The number of carboxylic acid groups (broad SMARTS) is 1. The lowest BCUT2D eigenvalue weighted by molar-refractivity contribution is -0.137. The summed E-state index contributed by atoms with van der Waals surface area (Å²) in [6, 6.07) is 6.34. The van der Waals surface area contributed by atoms with Crippen LogP contribution >= 0.6 is 0 Å². The maximum atomic E-state index is 10.6. The van der Waals surface area contributed by atoms with Gasteiger partial charge in [0.1, 0.15) is 5.75 Å². The molecule has 0 saturated carbocycles. The topological polar surface area (TPSA) is 49.8 Å². The van der Waals surface area contributed by atoms with E-state index in [-0.39, 0.29) is 6.42 Å². The summed E-state index contributed by atoms with van der Waals surface area (Å²) in [7, 11) is 1.72. The van der Waals surface area contributed by atoms with Crippen molar-refractivity contribution in [3.05, 3.63) is 29.3 Å². The number of hydrogen-bond acceptors (Lipinski definition) is 3. The fourth-order valence-electron chi connectivity index (χ4n) is 2.89. The molecule has 0 bridgehead atoms. The molecule has 0 atom stereocenters. The van der Waals surface area contributed by atoms with E-state index in [1.807, 2.05) is 6.07 Å². The predicted octanol–water partition coefficient (Wildman–Crippen LogP) is 2.66. The molecule has 4 heteroatoms. The molecule has 1 N–H and O–H groups in total. The Kier molecular flexibility index (Phi) is 5.01. The van der Waals surface area contributed by atoms with Gasteiger partial charge in [-0.2, -0.15) is 0 Å². The zero-order valence-corrected chi connectivity index (χ0v) is 12.3. The number of benzene rings is 1. The van der Waals surface area contributed by atoms with Gasteiger partial charge in [-0.3, -0.25) is 4.79 Å². The number of aliphatic carboxylic acids is 1. The molecule has 110 valence electrons. The van der Waals surface area contributed by atoms with Gasteiger partial charge in [0.05, 0.1) is 13.5 Å². The van der Waals surface area contributed by atoms with E-state index >= 15 is 0 Å². The number of likely N-dealkylation sites (tertiary alicyclic amines) is 1. The van der Waals surface area contributed by atoms with E-state index in [0.717, 1.165) is 31.7 Å². The van der Waals surface area contributed by atoms with Crippen molar-refractivity contribution in [3.63, 3.8) is 0 Å². The van der Waals surface area contributed by atoms with E-state index in [9.17, 15) is 4.79 Å². The van der Waals surface area contributed by atoms with Crippen LogP contribution in [0.15, 0.2) is 18.2 Å². The van der Waals surface area contributed by atoms with Crippen LogP contribution in [0, 0.1) is 6.92 Å². The molecule has 1 aromatic carbocycles. The zero-order chi connectivity index (χ0) is 14.5. The van der Waals surface area contributed by atoms with Crippen LogP contribution in [-0.4, -0.2) is 42.7 Å². The minimum absolute atomic E-state index is 0.235. The second-order valence-corrected chi connectivity index (χ2v) is 5.51. The first-order valence-electron chi connectivity index (χ1n) is 7.19. The van der Waals surface area contributed by atoms with E-state index in [1.54, 1.807) is 7.11 Å². The molecule has 1 saturated heterocycles. The van der Waals surface area contributed by atoms with Crippen LogP contribution in [0.3, 0.4) is 0 Å². The Balaban J connectivity index is 1.96. The fraction of sp³-hybridized carbons (Fsp3) is 0.562. The number of rotatable bonds is 5. The van der Waals surface area contributed by atoms with Gasteiger partial charge in [0.15, 0.2) is 0 Å². The summed E-state index contributed by atoms with van der Waals surface area (Å²) in [5.74, 6) is 0.776. The fourth-order valence-corrected chi connectivity index (χ4v) is 2.89. The molecule has 0 spiro atoms. The molecular formula is C16H23NO3. The molecule has 4 nitrogen and oxygen atoms in total. The van der Waals surface area contributed by atoms with Gasteiger partial charge in [-0.1, -0.05) is 17.7 Å². The molecule has 1 aliphatic heterocycles. The van der Waals surface area contributed by atoms with Crippen LogP contribution in [-0.2, 0) is 4.79 Å². The van der Waals surface area contributed by atoms with Gasteiger partial charge in [0.2, 0.25) is 0 Å². The average Bonchev–Trinajstić information content (AvgIpc) is 2.45. The maximum absolute atomic E-state index is 10.6. The van der Waals surface area contributed by atoms with Crippen molar-refractivity contribution in [3.8, 4) is 5.75 Å². The molecule has 0 radical (unpaired) electrons. The lowest BCUT2D eigenvalue weighted by Gasteiger charge is -2.32. The SMILES string of the molecule is COc1ccc(C)cc1C1CCN(CCC(=O)O)CC1. The first-order valence-corrected chi connectivity index (χ1v) is 7.19. The third kappa shape index (κ3) is 3.73. The smallest absolute Gasteiger partial charge is 0.304 e. The van der Waals surface area contributed by atoms with Crippen molar-refractivity contribution in [2.24, 2.45) is 0 Å². The number of methoxy groups -OCH3 is 1. The molecule has 1 aliphatic rings. The van der Waals surface area contributed by atoms with Gasteiger partial charge in [-0.25, -0.2) is 0 Å². The lowest BCUT2D eigenvalue weighted by Crippen LogP contribution is -2.34. The van der Waals surface area contributed by atoms with E-state index < -0.39 is 5.97 Å². The summed E-state index contributed by atoms with van der Waals surface area (Å²) in [6.45, 7) is 4.70. The van der Waals surface area contributed by atoms with Crippen LogP contribution in [0.5, 0.6) is 5.75 Å². The van der Waals surface area contributed by atoms with Crippen LogP contribution in [0.2, 0.25) is 0 Å². The summed E-state index contributed by atoms with van der Waals surface area (Å²) >= 11 is 0. The van der Waals surface area contributed by atoms with Crippen molar-refractivity contribution in [2.45, 2.75) is 32.1 Å². The minimum Gasteiger partial charge on any atom is -0.496 e. The Labute approximate surface area is 120 Å². The van der Waals surface area contributed by atoms with Gasteiger partial charge in [-0.15, -0.1) is 0 Å². The lowest BCUT2D eigenvalue weighted by atomic mass is 9.88. The summed E-state index contributed by atoms with van der Waals surface area (Å²) in [4.78, 5) is 12.8. The van der Waals surface area contributed by atoms with E-state index in [1.165, 1.54) is 11.1 Å². The van der Waals surface area contributed by atoms with Gasteiger partial charge in [0, 0.05) is 6.54 Å². The summed E-state index contributed by atoms with van der Waals surface area (Å²) in [5, 5.41) is 8.73. The highest BCUT2D eigenvalue weighted by Gasteiger charge is 2.23. The Morgan fingerprint density at radius 1 is 1.40 bits per heavy atom. The quantitative estimate of drug-likeness (QED) is 0.899. The molecule has 0 amide bonds. The predicted molar refractivity (Wildman–Crippen MR) is 78.4 cm³/mol. The highest BCUT2D eigenvalue weighted by molar-refractivity contribution is 5.66. The summed E-state index contributed by atoms with van der Waals surface area (Å²) < 4.78 is 5.47. The second-order valence-electron chi connectivity index (χ2n) is 5.51. The summed E-state index contributed by atoms with van der Waals surface area (Å²) in [6.07, 6.45) is 2.37. The average molecular weight is 277 g/mol. The Hall–Kier alpha value is -1.55. The van der Waals surface area contributed by atoms with Crippen LogP contribution in [0.25, 0.3) is 0 Å². The first kappa shape index (κ1) is 14.9. The minimum atomic E-state index is -0.715. The van der Waals surface area contributed by atoms with Crippen molar-refractivity contribution in [1.82, 2.24) is 4.90 Å². The molecule has 1 fully saturated rings. The molecule has 0 aromatic heterocycles. The van der Waals surface area contributed by atoms with Crippen molar-refractivity contribution in [1.29, 1.82) is 0 Å². The maximum Gasteiger partial charge on any atom is 0.304 e. The molecule has 2 rings (SSSR count). The number of ether oxygens (including phenoxy) is 1. The molecule has 0 unspecified atom stereocenters. The number of aryl methyl sites for hydroxylation is 1. The van der Waals surface area contributed by atoms with E-state index in [0.29, 0.717) is 12.5 Å². The second kappa shape index (κ2) is 6.75. The molecule has 1 heterocycles. The van der Waals surface area contributed by atoms with Crippen LogP contribution in [0.1, 0.15) is 36.3 Å². The standard InChI is InChI=1S/C16H23NO3/c1-12-3-4-15(20-2)14(11-12)13-5-8-17(9-6-13)10-7-16(18)19/h3-4,11,13H,5-10H2,1-2H3,(H,18,19). The number of piperidine rings is 1. The monoisotopic (exact) mass is 277 g/mol. The third-order valence-corrected chi connectivity index (χ3v) is 4.05. The van der Waals surface area contributed by atoms with Crippen molar-refractivity contribution in [2.75, 3.05) is 26.7 Å². The van der Waals surface area contributed by atoms with Crippen LogP contribution < -0.4 is 4.74 Å². The number of carbonyl (C=O) groups is 1. The Morgan fingerprint density at radius 2 is 2.10 bits per heavy atom. The number of hydrogen-bond donors (Lipinski definition) is 1. The zero-order valence-electron chi connectivity index (χ0n) is 12.3. The van der Waals surface area contributed by atoms with Crippen molar-refractivity contribution >= 4 is 5.97 Å². The van der Waals surface area contributed by atoms with E-state index in [4.69, 9.17) is 9.84 Å². The molecule has 20 heavy (non-hydrogen) atoms. The van der Waals surface area contributed by atoms with Gasteiger partial charge >= 0.3 is 5.97 Å². The van der Waals surface area contributed by atoms with E-state index in [2.05, 4.69) is 24.0 Å². The number of carboxylic acids is 1. The van der Waals surface area contributed by atoms with Gasteiger partial charge in [0.25, 0.3) is 0 Å². The highest BCUT2D eigenvalue weighted by atomic mass is 16.5. The Bertz CT molecular complexity index is 465. The largest absolute Gasteiger partial charge is 0.496 e. The van der Waals surface area contributed by atoms with Crippen molar-refractivity contribution < 1.29 is 14.6 Å². The molecule has 1 aromatic rings. The normalized spacial score (nSPS) is 17.1. The molecular weight excluding hydrogens is 254 g/mol. The Morgan fingerprint density at radius 3 is 2.70 bits per heavy atom.